The summed E-state index contributed by atoms with van der Waals surface area (Å²) < 4.78 is 5.63. The number of nitrogens with one attached hydrogen (secondary N) is 1. The van der Waals surface area contributed by atoms with Crippen molar-refractivity contribution in [2.75, 3.05) is 0 Å². The van der Waals surface area contributed by atoms with Gasteiger partial charge in [-0.3, -0.25) is 0 Å². The first-order valence-corrected chi connectivity index (χ1v) is 5.47. The molecule has 3 N–H and O–H groups in total. The number of benzene rings is 1. The molecule has 1 aromatic rings. The summed E-state index contributed by atoms with van der Waals surface area (Å²) in [5, 5.41) is 3.66. The van der Waals surface area contributed by atoms with Crippen LogP contribution in [0.2, 0.25) is 0 Å². The number of hydrogen-bond donors (Lipinski definition) is 2. The van der Waals surface area contributed by atoms with Crippen LogP contribution in [0.5, 0.6) is 5.75 Å². The molecular weight excluding hydrogens is 218 g/mol. The van der Waals surface area contributed by atoms with Crippen molar-refractivity contribution in [3.63, 3.8) is 0 Å². The third-order valence-electron chi connectivity index (χ3n) is 2.18. The quantitative estimate of drug-likeness (QED) is 0.603. The molecule has 92 valence electrons. The summed E-state index contributed by atoms with van der Waals surface area (Å²) in [5.41, 5.74) is 7.85. The molecule has 1 aromatic carbocycles. The van der Waals surface area contributed by atoms with Gasteiger partial charge in [-0.2, -0.15) is 5.10 Å². The number of amides is 2. The van der Waals surface area contributed by atoms with E-state index in [1.54, 1.807) is 0 Å². The Labute approximate surface area is 101 Å². The molecule has 0 aromatic heterocycles. The number of rotatable bonds is 5. The third-order valence-corrected chi connectivity index (χ3v) is 2.18. The highest BCUT2D eigenvalue weighted by Crippen LogP contribution is 2.13. The number of carbonyl (C=O) groups is 1. The van der Waals surface area contributed by atoms with E-state index in [1.807, 2.05) is 31.2 Å². The minimum Gasteiger partial charge on any atom is -0.491 e. The highest BCUT2D eigenvalue weighted by atomic mass is 16.5. The molecule has 0 spiro atoms. The normalized spacial score (nSPS) is 12.4. The van der Waals surface area contributed by atoms with Crippen LogP contribution in [0.3, 0.4) is 0 Å². The summed E-state index contributed by atoms with van der Waals surface area (Å²) in [4.78, 5) is 10.4. The largest absolute Gasteiger partial charge is 0.491 e. The van der Waals surface area contributed by atoms with Gasteiger partial charge in [0, 0.05) is 0 Å². The number of nitrogens with zero attached hydrogens (tertiary/aromatic N) is 1. The van der Waals surface area contributed by atoms with Gasteiger partial charge in [0.05, 0.1) is 12.3 Å². The number of hydrazone groups is 1. The molecule has 0 aliphatic carbocycles. The highest BCUT2D eigenvalue weighted by Gasteiger charge is 2.00. The summed E-state index contributed by atoms with van der Waals surface area (Å²) in [7, 11) is 0. The first kappa shape index (κ1) is 13.0. The van der Waals surface area contributed by atoms with Crippen molar-refractivity contribution in [1.29, 1.82) is 0 Å². The SMILES string of the molecule is CCC(C)Oc1ccc(C=NNC(N)=O)cc1. The zero-order chi connectivity index (χ0) is 12.7. The minimum atomic E-state index is -0.682. The van der Waals surface area contributed by atoms with Crippen molar-refractivity contribution in [3.8, 4) is 5.75 Å². The monoisotopic (exact) mass is 235 g/mol. The Morgan fingerprint density at radius 2 is 2.18 bits per heavy atom. The van der Waals surface area contributed by atoms with Crippen LogP contribution < -0.4 is 15.9 Å². The molecule has 1 rings (SSSR count). The molecule has 1 atom stereocenters. The second kappa shape index (κ2) is 6.52. The lowest BCUT2D eigenvalue weighted by molar-refractivity contribution is 0.217. The van der Waals surface area contributed by atoms with Gasteiger partial charge in [0.2, 0.25) is 0 Å². The van der Waals surface area contributed by atoms with Gasteiger partial charge in [0.15, 0.2) is 0 Å². The number of urea groups is 1. The van der Waals surface area contributed by atoms with Crippen molar-refractivity contribution in [1.82, 2.24) is 5.43 Å². The molecule has 0 fully saturated rings. The molecule has 0 aliphatic rings. The first-order valence-electron chi connectivity index (χ1n) is 5.47. The van der Waals surface area contributed by atoms with Crippen molar-refractivity contribution in [2.24, 2.45) is 10.8 Å². The maximum Gasteiger partial charge on any atom is 0.332 e. The lowest BCUT2D eigenvalue weighted by atomic mass is 10.2. The Hall–Kier alpha value is -2.04. The fourth-order valence-electron chi connectivity index (χ4n) is 1.12. The number of primary amides is 1. The summed E-state index contributed by atoms with van der Waals surface area (Å²) in [5.74, 6) is 0.819. The van der Waals surface area contributed by atoms with Gasteiger partial charge >= 0.3 is 6.03 Å². The van der Waals surface area contributed by atoms with Crippen molar-refractivity contribution in [2.45, 2.75) is 26.4 Å². The molecule has 0 aliphatic heterocycles. The maximum absolute atomic E-state index is 10.4. The summed E-state index contributed by atoms with van der Waals surface area (Å²) in [6.07, 6.45) is 2.68. The molecule has 1 unspecified atom stereocenters. The molecule has 0 radical (unpaired) electrons. The van der Waals surface area contributed by atoms with Crippen LogP contribution in [0.4, 0.5) is 4.79 Å². The van der Waals surface area contributed by atoms with E-state index in [2.05, 4.69) is 17.5 Å². The zero-order valence-electron chi connectivity index (χ0n) is 10.0. The van der Waals surface area contributed by atoms with Crippen molar-refractivity contribution >= 4 is 12.2 Å². The molecule has 0 saturated carbocycles. The number of nitrogens with two attached hydrogens (primary N) is 1. The van der Waals surface area contributed by atoms with Gasteiger partial charge in [0.25, 0.3) is 0 Å². The van der Waals surface area contributed by atoms with Gasteiger partial charge in [-0.05, 0) is 43.2 Å². The van der Waals surface area contributed by atoms with Crippen LogP contribution in [0.25, 0.3) is 0 Å². The fraction of sp³-hybridized carbons (Fsp3) is 0.333. The molecule has 17 heavy (non-hydrogen) atoms. The van der Waals surface area contributed by atoms with E-state index in [4.69, 9.17) is 10.5 Å². The Kier molecular flexibility index (Phi) is 5.00. The van der Waals surface area contributed by atoms with Gasteiger partial charge in [-0.25, -0.2) is 10.2 Å². The average molecular weight is 235 g/mol. The van der Waals surface area contributed by atoms with Crippen LogP contribution >= 0.6 is 0 Å². The van der Waals surface area contributed by atoms with E-state index in [9.17, 15) is 4.79 Å². The zero-order valence-corrected chi connectivity index (χ0v) is 10.0. The number of ether oxygens (including phenoxy) is 1. The van der Waals surface area contributed by atoms with Crippen LogP contribution in [0.1, 0.15) is 25.8 Å². The van der Waals surface area contributed by atoms with Crippen LogP contribution in [-0.2, 0) is 0 Å². The summed E-state index contributed by atoms with van der Waals surface area (Å²) >= 11 is 0. The smallest absolute Gasteiger partial charge is 0.332 e. The van der Waals surface area contributed by atoms with Gasteiger partial charge in [-0.1, -0.05) is 6.92 Å². The number of carbonyl (C=O) groups excluding carboxylic acids is 1. The maximum atomic E-state index is 10.4. The van der Waals surface area contributed by atoms with E-state index in [-0.39, 0.29) is 6.10 Å². The Bertz CT molecular complexity index is 387. The Morgan fingerprint density at radius 3 is 2.71 bits per heavy atom. The molecule has 0 bridgehead atoms. The molecule has 2 amide bonds. The molecule has 5 heteroatoms. The highest BCUT2D eigenvalue weighted by molar-refractivity contribution is 5.81. The molecule has 5 nitrogen and oxygen atoms in total. The van der Waals surface area contributed by atoms with Crippen molar-refractivity contribution in [3.05, 3.63) is 29.8 Å². The van der Waals surface area contributed by atoms with E-state index in [0.717, 1.165) is 17.7 Å². The lowest BCUT2D eigenvalue weighted by Crippen LogP contribution is -2.24. The minimum absolute atomic E-state index is 0.200. The predicted octanol–water partition coefficient (Wildman–Crippen LogP) is 1.87. The van der Waals surface area contributed by atoms with Crippen LogP contribution in [-0.4, -0.2) is 18.3 Å². The van der Waals surface area contributed by atoms with Gasteiger partial charge in [0.1, 0.15) is 5.75 Å². The van der Waals surface area contributed by atoms with E-state index in [1.165, 1.54) is 6.21 Å². The first-order chi connectivity index (χ1) is 8.11. The lowest BCUT2D eigenvalue weighted by Gasteiger charge is -2.12. The Balaban J connectivity index is 2.55. The topological polar surface area (TPSA) is 76.7 Å². The summed E-state index contributed by atoms with van der Waals surface area (Å²) in [6.45, 7) is 4.09. The third kappa shape index (κ3) is 5.01. The molecular formula is C12H17N3O2. The second-order valence-electron chi connectivity index (χ2n) is 3.64. The van der Waals surface area contributed by atoms with Gasteiger partial charge < -0.3 is 10.5 Å². The fourth-order valence-corrected chi connectivity index (χ4v) is 1.12. The number of hydrogen-bond acceptors (Lipinski definition) is 3. The predicted molar refractivity (Wildman–Crippen MR) is 67.1 cm³/mol. The molecule has 0 saturated heterocycles. The van der Waals surface area contributed by atoms with E-state index >= 15 is 0 Å². The standard InChI is InChI=1S/C12H17N3O2/c1-3-9(2)17-11-6-4-10(5-7-11)8-14-15-12(13)16/h4-9H,3H2,1-2H3,(H3,13,15,16). The Morgan fingerprint density at radius 1 is 1.53 bits per heavy atom. The van der Waals surface area contributed by atoms with Crippen LogP contribution in [0.15, 0.2) is 29.4 Å². The van der Waals surface area contributed by atoms with Crippen molar-refractivity contribution < 1.29 is 9.53 Å². The molecule has 0 heterocycles. The van der Waals surface area contributed by atoms with E-state index < -0.39 is 6.03 Å². The van der Waals surface area contributed by atoms with E-state index in [0.29, 0.717) is 0 Å². The van der Waals surface area contributed by atoms with Crippen LogP contribution in [0, 0.1) is 0 Å². The average Bonchev–Trinajstić information content (AvgIpc) is 2.31. The summed E-state index contributed by atoms with van der Waals surface area (Å²) in [6, 6.07) is 6.74. The second-order valence-corrected chi connectivity index (χ2v) is 3.64. The van der Waals surface area contributed by atoms with Gasteiger partial charge in [-0.15, -0.1) is 0 Å².